The van der Waals surface area contributed by atoms with Crippen LogP contribution in [-0.4, -0.2) is 47.9 Å². The molecule has 2 atom stereocenters. The summed E-state index contributed by atoms with van der Waals surface area (Å²) in [5, 5.41) is 0. The molecule has 0 unspecified atom stereocenters. The largest absolute Gasteiger partial charge is 0.334 e. The van der Waals surface area contributed by atoms with E-state index in [-0.39, 0.29) is 6.04 Å². The molecule has 0 spiro atoms. The molecule has 0 radical (unpaired) electrons. The van der Waals surface area contributed by atoms with E-state index in [0.29, 0.717) is 12.5 Å². The highest BCUT2D eigenvalue weighted by atomic mass is 19.1. The summed E-state index contributed by atoms with van der Waals surface area (Å²) in [6.07, 6.45) is 4.08. The monoisotopic (exact) mass is 384 g/mol. The lowest BCUT2D eigenvalue weighted by Crippen LogP contribution is -2.47. The van der Waals surface area contributed by atoms with Crippen LogP contribution in [0, 0.1) is 17.6 Å². The number of piperidine rings is 1. The number of amides is 1. The Morgan fingerprint density at radius 2 is 1.68 bits per heavy atom. The van der Waals surface area contributed by atoms with Gasteiger partial charge in [0.05, 0.1) is 0 Å². The SMILES string of the molecule is O=C(c1c(F)cccc1F)N1C[C@H]2CC[C@@H]1CN(CCCc1ccccc1)C2. The molecule has 3 fully saturated rings. The molecule has 28 heavy (non-hydrogen) atoms. The summed E-state index contributed by atoms with van der Waals surface area (Å²) in [6.45, 7) is 3.31. The molecule has 5 rings (SSSR count). The second-order valence-corrected chi connectivity index (χ2v) is 8.00. The van der Waals surface area contributed by atoms with E-state index in [0.717, 1.165) is 57.5 Å². The Labute approximate surface area is 165 Å². The number of carbonyl (C=O) groups excluding carboxylic acids is 1. The van der Waals surface area contributed by atoms with E-state index in [1.807, 2.05) is 6.07 Å². The summed E-state index contributed by atoms with van der Waals surface area (Å²) >= 11 is 0. The quantitative estimate of drug-likeness (QED) is 0.774. The average molecular weight is 384 g/mol. The number of fused-ring (bicyclic) bond motifs is 4. The number of hydrogen-bond donors (Lipinski definition) is 0. The molecule has 5 heteroatoms. The van der Waals surface area contributed by atoms with Crippen LogP contribution < -0.4 is 0 Å². The number of benzene rings is 2. The first-order valence-corrected chi connectivity index (χ1v) is 10.1. The Morgan fingerprint density at radius 1 is 0.929 bits per heavy atom. The molecule has 0 N–H and O–H groups in total. The van der Waals surface area contributed by atoms with Crippen LogP contribution >= 0.6 is 0 Å². The number of rotatable bonds is 5. The number of carbonyl (C=O) groups is 1. The van der Waals surface area contributed by atoms with Gasteiger partial charge in [-0.05, 0) is 55.8 Å². The van der Waals surface area contributed by atoms with Crippen molar-refractivity contribution in [3.8, 4) is 0 Å². The Balaban J connectivity index is 1.41. The van der Waals surface area contributed by atoms with Crippen LogP contribution in [0.2, 0.25) is 0 Å². The predicted octanol–water partition coefficient (Wildman–Crippen LogP) is 4.13. The van der Waals surface area contributed by atoms with Crippen LogP contribution in [0.1, 0.15) is 35.2 Å². The number of halogens is 2. The zero-order valence-corrected chi connectivity index (χ0v) is 16.0. The van der Waals surface area contributed by atoms with Gasteiger partial charge < -0.3 is 9.80 Å². The van der Waals surface area contributed by atoms with Gasteiger partial charge in [0.1, 0.15) is 17.2 Å². The second kappa shape index (κ2) is 8.39. The summed E-state index contributed by atoms with van der Waals surface area (Å²) in [5.74, 6) is -1.68. The van der Waals surface area contributed by atoms with Crippen molar-refractivity contribution in [3.05, 3.63) is 71.3 Å². The Hall–Kier alpha value is -2.27. The molecule has 3 saturated heterocycles. The first-order valence-electron chi connectivity index (χ1n) is 10.1. The lowest BCUT2D eigenvalue weighted by molar-refractivity contribution is 0.0575. The molecular weight excluding hydrogens is 358 g/mol. The molecular formula is C23H26F2N2O. The second-order valence-electron chi connectivity index (χ2n) is 8.00. The lowest BCUT2D eigenvalue weighted by atomic mass is 9.94. The van der Waals surface area contributed by atoms with E-state index in [2.05, 4.69) is 29.2 Å². The van der Waals surface area contributed by atoms with Crippen molar-refractivity contribution < 1.29 is 13.6 Å². The third-order valence-corrected chi connectivity index (χ3v) is 6.01. The smallest absolute Gasteiger partial charge is 0.260 e. The van der Waals surface area contributed by atoms with Crippen LogP contribution in [0.3, 0.4) is 0 Å². The normalized spacial score (nSPS) is 22.3. The number of nitrogens with zero attached hydrogens (tertiary/aromatic N) is 2. The fourth-order valence-corrected chi connectivity index (χ4v) is 4.61. The summed E-state index contributed by atoms with van der Waals surface area (Å²) in [6, 6.07) is 14.1. The summed E-state index contributed by atoms with van der Waals surface area (Å²) in [5.41, 5.74) is 0.929. The van der Waals surface area contributed by atoms with Gasteiger partial charge in [-0.3, -0.25) is 4.79 Å². The van der Waals surface area contributed by atoms with Gasteiger partial charge in [0.2, 0.25) is 0 Å². The van der Waals surface area contributed by atoms with Crippen LogP contribution in [0.25, 0.3) is 0 Å². The van der Waals surface area contributed by atoms with Gasteiger partial charge in [0, 0.05) is 25.7 Å². The highest BCUT2D eigenvalue weighted by Gasteiger charge is 2.38. The van der Waals surface area contributed by atoms with Crippen molar-refractivity contribution in [2.45, 2.75) is 31.7 Å². The standard InChI is InChI=1S/C23H26F2N2O/c24-20-9-4-10-21(25)22(20)23(28)27-15-18-11-12-19(27)16-26(14-18)13-5-8-17-6-2-1-3-7-17/h1-4,6-7,9-10,18-19H,5,8,11-16H2/t18-,19+/m0/s1. The van der Waals surface area contributed by atoms with Gasteiger partial charge in [-0.2, -0.15) is 0 Å². The summed E-state index contributed by atoms with van der Waals surface area (Å²) in [4.78, 5) is 17.1. The molecule has 1 amide bonds. The minimum Gasteiger partial charge on any atom is -0.334 e. The molecule has 2 bridgehead atoms. The zero-order chi connectivity index (χ0) is 19.5. The van der Waals surface area contributed by atoms with Gasteiger partial charge in [-0.15, -0.1) is 0 Å². The van der Waals surface area contributed by atoms with E-state index in [1.165, 1.54) is 11.6 Å². The molecule has 0 aromatic heterocycles. The van der Waals surface area contributed by atoms with E-state index in [4.69, 9.17) is 0 Å². The van der Waals surface area contributed by atoms with Crippen molar-refractivity contribution in [3.63, 3.8) is 0 Å². The zero-order valence-electron chi connectivity index (χ0n) is 16.0. The fourth-order valence-electron chi connectivity index (χ4n) is 4.61. The van der Waals surface area contributed by atoms with Crippen molar-refractivity contribution >= 4 is 5.91 Å². The van der Waals surface area contributed by atoms with E-state index >= 15 is 0 Å². The molecule has 2 aromatic carbocycles. The first-order chi connectivity index (χ1) is 13.6. The maximum atomic E-state index is 14.1. The van der Waals surface area contributed by atoms with Gasteiger partial charge in [-0.25, -0.2) is 8.78 Å². The minimum absolute atomic E-state index is 0.0296. The summed E-state index contributed by atoms with van der Waals surface area (Å²) < 4.78 is 28.2. The molecule has 148 valence electrons. The average Bonchev–Trinajstić information content (AvgIpc) is 2.99. The molecule has 2 aromatic rings. The van der Waals surface area contributed by atoms with E-state index in [1.54, 1.807) is 4.90 Å². The summed E-state index contributed by atoms with van der Waals surface area (Å²) in [7, 11) is 0. The van der Waals surface area contributed by atoms with Crippen molar-refractivity contribution in [1.82, 2.24) is 9.80 Å². The predicted molar refractivity (Wildman–Crippen MR) is 105 cm³/mol. The van der Waals surface area contributed by atoms with Crippen molar-refractivity contribution in [2.75, 3.05) is 26.2 Å². The molecule has 0 aliphatic carbocycles. The Bertz CT molecular complexity index is 806. The number of hydrogen-bond acceptors (Lipinski definition) is 2. The third kappa shape index (κ3) is 4.09. The molecule has 3 aliphatic rings. The molecule has 3 heterocycles. The van der Waals surface area contributed by atoms with E-state index < -0.39 is 23.1 Å². The van der Waals surface area contributed by atoms with Gasteiger partial charge >= 0.3 is 0 Å². The van der Waals surface area contributed by atoms with E-state index in [9.17, 15) is 13.6 Å². The van der Waals surface area contributed by atoms with Gasteiger partial charge in [0.15, 0.2) is 0 Å². The van der Waals surface area contributed by atoms with Crippen LogP contribution in [-0.2, 0) is 6.42 Å². The van der Waals surface area contributed by atoms with Crippen molar-refractivity contribution in [1.29, 1.82) is 0 Å². The maximum absolute atomic E-state index is 14.1. The van der Waals surface area contributed by atoms with Crippen molar-refractivity contribution in [2.24, 2.45) is 5.92 Å². The minimum atomic E-state index is -0.773. The number of aryl methyl sites for hydroxylation is 1. The molecule has 0 saturated carbocycles. The fraction of sp³-hybridized carbons (Fsp3) is 0.435. The topological polar surface area (TPSA) is 23.6 Å². The van der Waals surface area contributed by atoms with Gasteiger partial charge in [0.25, 0.3) is 5.91 Å². The van der Waals surface area contributed by atoms with Crippen LogP contribution in [0.4, 0.5) is 8.78 Å². The Morgan fingerprint density at radius 3 is 2.43 bits per heavy atom. The van der Waals surface area contributed by atoms with Crippen LogP contribution in [0.5, 0.6) is 0 Å². The third-order valence-electron chi connectivity index (χ3n) is 6.01. The van der Waals surface area contributed by atoms with Gasteiger partial charge in [-0.1, -0.05) is 36.4 Å². The van der Waals surface area contributed by atoms with Crippen LogP contribution in [0.15, 0.2) is 48.5 Å². The maximum Gasteiger partial charge on any atom is 0.260 e. The lowest BCUT2D eigenvalue weighted by Gasteiger charge is -2.36. The molecule has 3 aliphatic heterocycles. The first kappa shape index (κ1) is 19.1. The highest BCUT2D eigenvalue weighted by Crippen LogP contribution is 2.30. The highest BCUT2D eigenvalue weighted by molar-refractivity contribution is 5.95. The Kier molecular flexibility index (Phi) is 5.72. The molecule has 3 nitrogen and oxygen atoms in total.